The highest BCUT2D eigenvalue weighted by molar-refractivity contribution is 7.03. The fourth-order valence-corrected chi connectivity index (χ4v) is 3.17. The van der Waals surface area contributed by atoms with E-state index in [1.807, 2.05) is 6.07 Å². The molecule has 0 radical (unpaired) electrons. The van der Waals surface area contributed by atoms with E-state index in [1.54, 1.807) is 5.38 Å². The van der Waals surface area contributed by atoms with E-state index in [0.717, 1.165) is 19.6 Å². The maximum atomic E-state index is 12.0. The van der Waals surface area contributed by atoms with Crippen molar-refractivity contribution in [3.63, 3.8) is 0 Å². The summed E-state index contributed by atoms with van der Waals surface area (Å²) in [4.78, 5) is 14.4. The molecule has 5 nitrogen and oxygen atoms in total. The van der Waals surface area contributed by atoms with Gasteiger partial charge in [0, 0.05) is 31.1 Å². The zero-order chi connectivity index (χ0) is 14.7. The Bertz CT molecular complexity index is 587. The highest BCUT2D eigenvalue weighted by Gasteiger charge is 2.31. The molecule has 2 aromatic rings. The molecule has 1 N–H and O–H groups in total. The Kier molecular flexibility index (Phi) is 4.26. The van der Waals surface area contributed by atoms with Crippen LogP contribution in [0.25, 0.3) is 0 Å². The first-order valence-corrected chi connectivity index (χ1v) is 7.90. The molecule has 1 aliphatic heterocycles. The van der Waals surface area contributed by atoms with Crippen molar-refractivity contribution in [2.24, 2.45) is 5.92 Å². The average molecular weight is 302 g/mol. The first kappa shape index (κ1) is 14.2. The Balaban J connectivity index is 1.57. The molecule has 3 rings (SSSR count). The Labute approximate surface area is 128 Å². The van der Waals surface area contributed by atoms with E-state index in [0.29, 0.717) is 11.6 Å². The number of likely N-dealkylation sites (tertiary alicyclic amines) is 1. The summed E-state index contributed by atoms with van der Waals surface area (Å²) in [5, 5.41) is 8.56. The van der Waals surface area contributed by atoms with Gasteiger partial charge in [-0.2, -0.15) is 0 Å². The third-order valence-electron chi connectivity index (χ3n) is 3.85. The number of rotatable bonds is 4. The average Bonchev–Trinajstić information content (AvgIpc) is 3.11. The van der Waals surface area contributed by atoms with Crippen LogP contribution < -0.4 is 5.32 Å². The van der Waals surface area contributed by atoms with Gasteiger partial charge in [-0.25, -0.2) is 0 Å². The van der Waals surface area contributed by atoms with E-state index in [4.69, 9.17) is 0 Å². The molecule has 0 saturated carbocycles. The highest BCUT2D eigenvalue weighted by atomic mass is 32.1. The molecule has 110 valence electrons. The smallest absolute Gasteiger partial charge is 0.273 e. The standard InChI is InChI=1S/C15H18N4OS/c1-11-7-19(8-12-5-3-2-4-6-12)9-13(11)16-15(20)14-10-21-18-17-14/h2-6,10-11,13H,7-9H2,1H3,(H,16,20)/t11-,13-/m0/s1. The Morgan fingerprint density at radius 3 is 2.90 bits per heavy atom. The molecule has 2 atom stereocenters. The molecule has 1 aromatic carbocycles. The van der Waals surface area contributed by atoms with E-state index >= 15 is 0 Å². The van der Waals surface area contributed by atoms with Gasteiger partial charge in [0.1, 0.15) is 0 Å². The summed E-state index contributed by atoms with van der Waals surface area (Å²) in [7, 11) is 0. The number of amides is 1. The van der Waals surface area contributed by atoms with Gasteiger partial charge in [0.05, 0.1) is 0 Å². The predicted octanol–water partition coefficient (Wildman–Crippen LogP) is 1.79. The van der Waals surface area contributed by atoms with Crippen LogP contribution in [0.15, 0.2) is 35.7 Å². The minimum absolute atomic E-state index is 0.123. The van der Waals surface area contributed by atoms with Crippen LogP contribution >= 0.6 is 11.5 Å². The maximum absolute atomic E-state index is 12.0. The van der Waals surface area contributed by atoms with Crippen LogP contribution in [0.4, 0.5) is 0 Å². The molecule has 0 aliphatic carbocycles. The third kappa shape index (κ3) is 3.46. The van der Waals surface area contributed by atoms with Gasteiger partial charge in [-0.1, -0.05) is 41.7 Å². The predicted molar refractivity (Wildman–Crippen MR) is 82.0 cm³/mol. The van der Waals surface area contributed by atoms with Gasteiger partial charge < -0.3 is 5.32 Å². The minimum Gasteiger partial charge on any atom is -0.346 e. The zero-order valence-electron chi connectivity index (χ0n) is 11.9. The molecule has 1 aromatic heterocycles. The van der Waals surface area contributed by atoms with Gasteiger partial charge in [-0.05, 0) is 23.0 Å². The van der Waals surface area contributed by atoms with Gasteiger partial charge in [-0.3, -0.25) is 9.69 Å². The number of hydrogen-bond donors (Lipinski definition) is 1. The second kappa shape index (κ2) is 6.32. The first-order valence-electron chi connectivity index (χ1n) is 7.06. The quantitative estimate of drug-likeness (QED) is 0.935. The van der Waals surface area contributed by atoms with Crippen molar-refractivity contribution in [2.45, 2.75) is 19.5 Å². The van der Waals surface area contributed by atoms with Crippen molar-refractivity contribution in [3.8, 4) is 0 Å². The molecule has 1 aliphatic rings. The van der Waals surface area contributed by atoms with Gasteiger partial charge in [0.2, 0.25) is 0 Å². The molecular weight excluding hydrogens is 284 g/mol. The number of hydrogen-bond acceptors (Lipinski definition) is 5. The van der Waals surface area contributed by atoms with Gasteiger partial charge in [-0.15, -0.1) is 5.10 Å². The van der Waals surface area contributed by atoms with Crippen LogP contribution in [-0.4, -0.2) is 39.5 Å². The maximum Gasteiger partial charge on any atom is 0.273 e. The number of nitrogens with one attached hydrogen (secondary N) is 1. The lowest BCUT2D eigenvalue weighted by atomic mass is 10.1. The van der Waals surface area contributed by atoms with Gasteiger partial charge in [0.25, 0.3) is 5.91 Å². The second-order valence-corrected chi connectivity index (χ2v) is 6.14. The lowest BCUT2D eigenvalue weighted by Crippen LogP contribution is -2.40. The number of nitrogens with zero attached hydrogens (tertiary/aromatic N) is 3. The molecule has 1 amide bonds. The van der Waals surface area contributed by atoms with Crippen LogP contribution in [0.5, 0.6) is 0 Å². The molecule has 2 heterocycles. The van der Waals surface area contributed by atoms with Gasteiger partial charge >= 0.3 is 0 Å². The fourth-order valence-electron chi connectivity index (χ4n) is 2.73. The SMILES string of the molecule is C[C@H]1CN(Cc2ccccc2)C[C@@H]1NC(=O)c1csnn1. The topological polar surface area (TPSA) is 58.1 Å². The first-order chi connectivity index (χ1) is 10.2. The Morgan fingerprint density at radius 2 is 2.19 bits per heavy atom. The number of benzene rings is 1. The van der Waals surface area contributed by atoms with Crippen LogP contribution in [-0.2, 0) is 6.54 Å². The van der Waals surface area contributed by atoms with Crippen molar-refractivity contribution in [3.05, 3.63) is 47.0 Å². The lowest BCUT2D eigenvalue weighted by molar-refractivity contribution is 0.0926. The summed E-state index contributed by atoms with van der Waals surface area (Å²) >= 11 is 1.20. The minimum atomic E-state index is -0.123. The molecule has 0 bridgehead atoms. The van der Waals surface area contributed by atoms with Crippen molar-refractivity contribution >= 4 is 17.4 Å². The summed E-state index contributed by atoms with van der Waals surface area (Å²) < 4.78 is 3.73. The molecule has 0 unspecified atom stereocenters. The largest absolute Gasteiger partial charge is 0.346 e. The number of carbonyl (C=O) groups excluding carboxylic acids is 1. The molecule has 0 spiro atoms. The monoisotopic (exact) mass is 302 g/mol. The second-order valence-electron chi connectivity index (χ2n) is 5.53. The molecule has 1 saturated heterocycles. The Hall–Kier alpha value is -1.79. The number of carbonyl (C=O) groups is 1. The van der Waals surface area contributed by atoms with E-state index in [9.17, 15) is 4.79 Å². The zero-order valence-corrected chi connectivity index (χ0v) is 12.7. The van der Waals surface area contributed by atoms with Crippen LogP contribution in [0.3, 0.4) is 0 Å². The summed E-state index contributed by atoms with van der Waals surface area (Å²) in [6.45, 7) is 4.97. The normalized spacial score (nSPS) is 22.3. The van der Waals surface area contributed by atoms with E-state index in [1.165, 1.54) is 17.1 Å². The van der Waals surface area contributed by atoms with Crippen molar-refractivity contribution in [1.82, 2.24) is 19.8 Å². The fraction of sp³-hybridized carbons (Fsp3) is 0.400. The summed E-state index contributed by atoms with van der Waals surface area (Å²) in [5.41, 5.74) is 1.72. The van der Waals surface area contributed by atoms with Gasteiger partial charge in [0.15, 0.2) is 5.69 Å². The molecule has 1 fully saturated rings. The van der Waals surface area contributed by atoms with E-state index in [2.05, 4.69) is 51.0 Å². The molecular formula is C15H18N4OS. The highest BCUT2D eigenvalue weighted by Crippen LogP contribution is 2.19. The van der Waals surface area contributed by atoms with E-state index < -0.39 is 0 Å². The summed E-state index contributed by atoms with van der Waals surface area (Å²) in [5.74, 6) is 0.311. The third-order valence-corrected chi connectivity index (χ3v) is 4.35. The van der Waals surface area contributed by atoms with E-state index in [-0.39, 0.29) is 11.9 Å². The van der Waals surface area contributed by atoms with Crippen molar-refractivity contribution < 1.29 is 4.79 Å². The van der Waals surface area contributed by atoms with Crippen LogP contribution in [0.2, 0.25) is 0 Å². The molecule has 6 heteroatoms. The van der Waals surface area contributed by atoms with Crippen LogP contribution in [0, 0.1) is 5.92 Å². The summed E-state index contributed by atoms with van der Waals surface area (Å²) in [6.07, 6.45) is 0. The molecule has 21 heavy (non-hydrogen) atoms. The number of aromatic nitrogens is 2. The van der Waals surface area contributed by atoms with Crippen molar-refractivity contribution in [2.75, 3.05) is 13.1 Å². The summed E-state index contributed by atoms with van der Waals surface area (Å²) in [6, 6.07) is 10.6. The Morgan fingerprint density at radius 1 is 1.38 bits per heavy atom. The van der Waals surface area contributed by atoms with Crippen molar-refractivity contribution in [1.29, 1.82) is 0 Å². The lowest BCUT2D eigenvalue weighted by Gasteiger charge is -2.16. The van der Waals surface area contributed by atoms with Crippen LogP contribution in [0.1, 0.15) is 23.0 Å².